The van der Waals surface area contributed by atoms with Gasteiger partial charge < -0.3 is 14.4 Å². The molecule has 1 aliphatic rings. The molecule has 0 saturated carbocycles. The first-order valence-electron chi connectivity index (χ1n) is 6.10. The zero-order chi connectivity index (χ0) is 13.2. The van der Waals surface area contributed by atoms with Crippen LogP contribution in [-0.2, 0) is 0 Å². The van der Waals surface area contributed by atoms with E-state index in [0.29, 0.717) is 28.3 Å². The van der Waals surface area contributed by atoms with E-state index in [1.165, 1.54) is 12.5 Å². The van der Waals surface area contributed by atoms with Crippen LogP contribution in [0.25, 0.3) is 11.5 Å². The number of rotatable bonds is 3. The molecule has 3 rings (SSSR count). The van der Waals surface area contributed by atoms with Gasteiger partial charge in [0.25, 0.3) is 5.89 Å². The molecule has 1 atom stereocenters. The van der Waals surface area contributed by atoms with E-state index in [9.17, 15) is 5.11 Å². The minimum atomic E-state index is 0.0774. The fourth-order valence-electron chi connectivity index (χ4n) is 2.08. The lowest BCUT2D eigenvalue weighted by molar-refractivity contribution is 0.404. The summed E-state index contributed by atoms with van der Waals surface area (Å²) in [5.41, 5.74) is 0.530. The number of benzene rings is 1. The number of aromatic nitrogens is 2. The number of methoxy groups -OCH3 is 1. The van der Waals surface area contributed by atoms with E-state index in [1.54, 1.807) is 19.2 Å². The zero-order valence-corrected chi connectivity index (χ0v) is 11.3. The van der Waals surface area contributed by atoms with E-state index >= 15 is 0 Å². The summed E-state index contributed by atoms with van der Waals surface area (Å²) in [6.45, 7) is 0. The van der Waals surface area contributed by atoms with Crippen LogP contribution in [0.1, 0.15) is 23.9 Å². The second kappa shape index (κ2) is 5.13. The normalized spacial score (nSPS) is 18.7. The van der Waals surface area contributed by atoms with Gasteiger partial charge >= 0.3 is 0 Å². The van der Waals surface area contributed by atoms with Gasteiger partial charge in [-0.25, -0.2) is 0 Å². The quantitative estimate of drug-likeness (QED) is 0.930. The van der Waals surface area contributed by atoms with Crippen molar-refractivity contribution < 1.29 is 14.4 Å². The van der Waals surface area contributed by atoms with Crippen molar-refractivity contribution >= 4 is 11.8 Å². The highest BCUT2D eigenvalue weighted by Crippen LogP contribution is 2.39. The van der Waals surface area contributed by atoms with Gasteiger partial charge in [0.15, 0.2) is 5.82 Å². The lowest BCUT2D eigenvalue weighted by Crippen LogP contribution is -1.91. The summed E-state index contributed by atoms with van der Waals surface area (Å²) in [4.78, 5) is 4.38. The van der Waals surface area contributed by atoms with E-state index in [-0.39, 0.29) is 5.75 Å². The summed E-state index contributed by atoms with van der Waals surface area (Å²) >= 11 is 1.85. The van der Waals surface area contributed by atoms with Crippen molar-refractivity contribution in [3.05, 3.63) is 24.0 Å². The predicted octanol–water partition coefficient (Wildman–Crippen LogP) is 3.02. The highest BCUT2D eigenvalue weighted by molar-refractivity contribution is 7.99. The van der Waals surface area contributed by atoms with Crippen LogP contribution in [0.3, 0.4) is 0 Å². The molecule has 0 spiro atoms. The third-order valence-electron chi connectivity index (χ3n) is 3.09. The average Bonchev–Trinajstić information content (AvgIpc) is 3.09. The first-order valence-corrected chi connectivity index (χ1v) is 7.15. The Hall–Kier alpha value is -1.69. The van der Waals surface area contributed by atoms with Gasteiger partial charge in [-0.3, -0.25) is 0 Å². The van der Waals surface area contributed by atoms with Crippen molar-refractivity contribution in [2.75, 3.05) is 12.9 Å². The number of phenolic OH excluding ortho intramolecular Hbond substituents is 1. The topological polar surface area (TPSA) is 68.4 Å². The fourth-order valence-corrected chi connectivity index (χ4v) is 3.27. The molecular formula is C13H14N2O3S. The first-order chi connectivity index (χ1) is 9.28. The molecule has 100 valence electrons. The number of hydrogen-bond donors (Lipinski definition) is 1. The number of nitrogens with zero attached hydrogens (tertiary/aromatic N) is 2. The summed E-state index contributed by atoms with van der Waals surface area (Å²) in [5, 5.41) is 14.3. The molecule has 1 N–H and O–H groups in total. The van der Waals surface area contributed by atoms with Crippen LogP contribution in [0.2, 0.25) is 0 Å². The van der Waals surface area contributed by atoms with Crippen molar-refractivity contribution in [1.82, 2.24) is 10.1 Å². The van der Waals surface area contributed by atoms with E-state index in [4.69, 9.17) is 9.26 Å². The highest BCUT2D eigenvalue weighted by atomic mass is 32.2. The Bertz CT molecular complexity index is 579. The third kappa shape index (κ3) is 2.40. The highest BCUT2D eigenvalue weighted by Gasteiger charge is 2.24. The minimum Gasteiger partial charge on any atom is -0.507 e. The molecule has 1 aromatic carbocycles. The van der Waals surface area contributed by atoms with Gasteiger partial charge in [-0.05, 0) is 30.7 Å². The second-order valence-corrected chi connectivity index (χ2v) is 5.65. The van der Waals surface area contributed by atoms with E-state index in [0.717, 1.165) is 12.2 Å². The summed E-state index contributed by atoms with van der Waals surface area (Å²) in [6.07, 6.45) is 2.27. The number of ether oxygens (including phenoxy) is 1. The summed E-state index contributed by atoms with van der Waals surface area (Å²) < 4.78 is 10.3. The molecule has 19 heavy (non-hydrogen) atoms. The maximum atomic E-state index is 9.94. The van der Waals surface area contributed by atoms with Crippen molar-refractivity contribution in [2.24, 2.45) is 0 Å². The maximum absolute atomic E-state index is 9.94. The Labute approximate surface area is 115 Å². The van der Waals surface area contributed by atoms with Crippen LogP contribution in [0.4, 0.5) is 0 Å². The largest absolute Gasteiger partial charge is 0.507 e. The molecule has 1 aromatic heterocycles. The number of hydrogen-bond acceptors (Lipinski definition) is 6. The minimum absolute atomic E-state index is 0.0774. The SMILES string of the molecule is COc1ccc(-c2nc(C3CCCS3)no2)c(O)c1. The van der Waals surface area contributed by atoms with Gasteiger partial charge in [0.1, 0.15) is 11.5 Å². The number of aromatic hydroxyl groups is 1. The standard InChI is InChI=1S/C13H14N2O3S/c1-17-8-4-5-9(10(16)7-8)13-14-12(15-18-13)11-3-2-6-19-11/h4-5,7,11,16H,2-3,6H2,1H3. The van der Waals surface area contributed by atoms with Crippen LogP contribution in [0.15, 0.2) is 22.7 Å². The average molecular weight is 278 g/mol. The van der Waals surface area contributed by atoms with Crippen LogP contribution >= 0.6 is 11.8 Å². The Balaban J connectivity index is 1.89. The van der Waals surface area contributed by atoms with Gasteiger partial charge in [0.05, 0.1) is 17.9 Å². The zero-order valence-electron chi connectivity index (χ0n) is 10.5. The molecule has 1 saturated heterocycles. The monoisotopic (exact) mass is 278 g/mol. The second-order valence-electron chi connectivity index (χ2n) is 4.34. The molecular weight excluding hydrogens is 264 g/mol. The molecule has 1 fully saturated rings. The van der Waals surface area contributed by atoms with Crippen LogP contribution in [0, 0.1) is 0 Å². The molecule has 0 aliphatic carbocycles. The predicted molar refractivity (Wildman–Crippen MR) is 72.4 cm³/mol. The van der Waals surface area contributed by atoms with Crippen LogP contribution in [0.5, 0.6) is 11.5 Å². The summed E-state index contributed by atoms with van der Waals surface area (Å²) in [5.74, 6) is 2.87. The Morgan fingerprint density at radius 2 is 2.37 bits per heavy atom. The van der Waals surface area contributed by atoms with Gasteiger partial charge in [0.2, 0.25) is 0 Å². The molecule has 5 nitrogen and oxygen atoms in total. The molecule has 0 amide bonds. The Kier molecular flexibility index (Phi) is 3.33. The maximum Gasteiger partial charge on any atom is 0.261 e. The fraction of sp³-hybridized carbons (Fsp3) is 0.385. The lowest BCUT2D eigenvalue weighted by Gasteiger charge is -2.03. The Morgan fingerprint density at radius 1 is 1.47 bits per heavy atom. The smallest absolute Gasteiger partial charge is 0.261 e. The Morgan fingerprint density at radius 3 is 3.05 bits per heavy atom. The molecule has 6 heteroatoms. The van der Waals surface area contributed by atoms with Crippen molar-refractivity contribution in [3.63, 3.8) is 0 Å². The van der Waals surface area contributed by atoms with E-state index in [2.05, 4.69) is 10.1 Å². The third-order valence-corrected chi connectivity index (χ3v) is 4.47. The van der Waals surface area contributed by atoms with Crippen LogP contribution in [-0.4, -0.2) is 28.1 Å². The van der Waals surface area contributed by atoms with Crippen molar-refractivity contribution in [1.29, 1.82) is 0 Å². The van der Waals surface area contributed by atoms with E-state index < -0.39 is 0 Å². The lowest BCUT2D eigenvalue weighted by atomic mass is 10.2. The molecule has 1 aliphatic heterocycles. The van der Waals surface area contributed by atoms with Crippen molar-refractivity contribution in [3.8, 4) is 23.0 Å². The molecule has 2 heterocycles. The molecule has 0 radical (unpaired) electrons. The summed E-state index contributed by atoms with van der Waals surface area (Å²) in [6, 6.07) is 5.00. The summed E-state index contributed by atoms with van der Waals surface area (Å²) in [7, 11) is 1.55. The molecule has 2 aromatic rings. The molecule has 1 unspecified atom stereocenters. The molecule has 0 bridgehead atoms. The van der Waals surface area contributed by atoms with Gasteiger partial charge in [-0.15, -0.1) is 0 Å². The number of phenols is 1. The van der Waals surface area contributed by atoms with Gasteiger partial charge in [-0.1, -0.05) is 5.16 Å². The van der Waals surface area contributed by atoms with Gasteiger partial charge in [-0.2, -0.15) is 16.7 Å². The first kappa shape index (κ1) is 12.3. The van der Waals surface area contributed by atoms with E-state index in [1.807, 2.05) is 11.8 Å². The van der Waals surface area contributed by atoms with Gasteiger partial charge in [0, 0.05) is 6.07 Å². The van der Waals surface area contributed by atoms with Crippen molar-refractivity contribution in [2.45, 2.75) is 18.1 Å². The van der Waals surface area contributed by atoms with Crippen LogP contribution < -0.4 is 4.74 Å². The number of thioether (sulfide) groups is 1.